The number of rotatable bonds is 4. The second-order valence-corrected chi connectivity index (χ2v) is 4.57. The summed E-state index contributed by atoms with van der Waals surface area (Å²) in [6, 6.07) is 14.4. The summed E-state index contributed by atoms with van der Waals surface area (Å²) in [5, 5.41) is 10.6. The van der Waals surface area contributed by atoms with E-state index in [1.807, 2.05) is 24.3 Å². The van der Waals surface area contributed by atoms with Gasteiger partial charge in [-0.2, -0.15) is 5.26 Å². The molecule has 3 heteroatoms. The van der Waals surface area contributed by atoms with Gasteiger partial charge in [-0.15, -0.1) is 11.8 Å². The van der Waals surface area contributed by atoms with Crippen LogP contribution in [0.15, 0.2) is 41.4 Å². The molecule has 0 aliphatic rings. The van der Waals surface area contributed by atoms with Crippen LogP contribution in [0.5, 0.6) is 0 Å². The van der Waals surface area contributed by atoms with Gasteiger partial charge in [0, 0.05) is 17.6 Å². The molecule has 1 aromatic heterocycles. The van der Waals surface area contributed by atoms with Crippen LogP contribution in [0.25, 0.3) is 10.9 Å². The van der Waals surface area contributed by atoms with E-state index in [4.69, 9.17) is 5.26 Å². The molecule has 0 bridgehead atoms. The Morgan fingerprint density at radius 2 is 2.06 bits per heavy atom. The fourth-order valence-electron chi connectivity index (χ4n) is 1.46. The number of nitriles is 1. The van der Waals surface area contributed by atoms with Crippen LogP contribution in [0.3, 0.4) is 0 Å². The predicted molar refractivity (Wildman–Crippen MR) is 67.3 cm³/mol. The lowest BCUT2D eigenvalue weighted by Gasteiger charge is -2.01. The lowest BCUT2D eigenvalue weighted by atomic mass is 10.2. The number of hydrogen-bond donors (Lipinski definition) is 0. The topological polar surface area (TPSA) is 36.7 Å². The Hall–Kier alpha value is -1.53. The Morgan fingerprint density at radius 3 is 2.94 bits per heavy atom. The highest BCUT2D eigenvalue weighted by Gasteiger charge is 1.98. The van der Waals surface area contributed by atoms with Crippen LogP contribution in [-0.4, -0.2) is 10.7 Å². The summed E-state index contributed by atoms with van der Waals surface area (Å²) in [5.74, 6) is 0.957. The highest BCUT2D eigenvalue weighted by atomic mass is 32.2. The molecular weight excluding hydrogens is 216 g/mol. The van der Waals surface area contributed by atoms with Crippen molar-refractivity contribution in [1.29, 1.82) is 5.26 Å². The van der Waals surface area contributed by atoms with E-state index in [9.17, 15) is 0 Å². The van der Waals surface area contributed by atoms with Crippen molar-refractivity contribution < 1.29 is 0 Å². The first-order valence-electron chi connectivity index (χ1n) is 5.26. The van der Waals surface area contributed by atoms with Crippen LogP contribution in [0.2, 0.25) is 0 Å². The quantitative estimate of drug-likeness (QED) is 0.592. The predicted octanol–water partition coefficient (Wildman–Crippen LogP) is 3.63. The average Bonchev–Trinajstić information content (AvgIpc) is 2.34. The number of hydrogen-bond acceptors (Lipinski definition) is 3. The second-order valence-electron chi connectivity index (χ2n) is 3.45. The summed E-state index contributed by atoms with van der Waals surface area (Å²) < 4.78 is 0. The van der Waals surface area contributed by atoms with Crippen LogP contribution in [0.4, 0.5) is 0 Å². The summed E-state index contributed by atoms with van der Waals surface area (Å²) in [6.45, 7) is 0. The molecule has 2 nitrogen and oxygen atoms in total. The maximum absolute atomic E-state index is 8.43. The summed E-state index contributed by atoms with van der Waals surface area (Å²) >= 11 is 1.71. The number of benzene rings is 1. The molecule has 1 aromatic carbocycles. The summed E-state index contributed by atoms with van der Waals surface area (Å²) in [5.41, 5.74) is 1.03. The van der Waals surface area contributed by atoms with Gasteiger partial charge >= 0.3 is 0 Å². The Balaban J connectivity index is 2.05. The van der Waals surface area contributed by atoms with Crippen LogP contribution in [-0.2, 0) is 0 Å². The number of thioether (sulfide) groups is 1. The molecule has 16 heavy (non-hydrogen) atoms. The van der Waals surface area contributed by atoms with Crippen molar-refractivity contribution in [1.82, 2.24) is 4.98 Å². The van der Waals surface area contributed by atoms with Gasteiger partial charge < -0.3 is 0 Å². The van der Waals surface area contributed by atoms with Crippen molar-refractivity contribution in [2.45, 2.75) is 17.9 Å². The van der Waals surface area contributed by atoms with E-state index in [1.165, 1.54) is 5.39 Å². The van der Waals surface area contributed by atoms with Gasteiger partial charge in [0.1, 0.15) is 0 Å². The zero-order chi connectivity index (χ0) is 11.2. The van der Waals surface area contributed by atoms with Crippen LogP contribution in [0.1, 0.15) is 12.8 Å². The van der Waals surface area contributed by atoms with Gasteiger partial charge in [-0.25, -0.2) is 4.98 Å². The van der Waals surface area contributed by atoms with Crippen molar-refractivity contribution in [3.05, 3.63) is 36.4 Å². The molecular formula is C13H12N2S. The first kappa shape index (κ1) is 11.0. The number of aromatic nitrogens is 1. The van der Waals surface area contributed by atoms with Crippen molar-refractivity contribution >= 4 is 22.7 Å². The summed E-state index contributed by atoms with van der Waals surface area (Å²) in [6.07, 6.45) is 1.55. The molecule has 2 aromatic rings. The number of fused-ring (bicyclic) bond motifs is 1. The Kier molecular flexibility index (Phi) is 3.79. The van der Waals surface area contributed by atoms with Gasteiger partial charge in [0.25, 0.3) is 0 Å². The minimum atomic E-state index is 0.626. The minimum absolute atomic E-state index is 0.626. The fraction of sp³-hybridized carbons (Fsp3) is 0.231. The first-order chi connectivity index (χ1) is 7.90. The van der Waals surface area contributed by atoms with E-state index in [1.54, 1.807) is 11.8 Å². The van der Waals surface area contributed by atoms with Crippen LogP contribution in [0, 0.1) is 11.3 Å². The van der Waals surface area contributed by atoms with Gasteiger partial charge in [0.05, 0.1) is 16.6 Å². The van der Waals surface area contributed by atoms with E-state index >= 15 is 0 Å². The molecule has 0 aliphatic carbocycles. The fourth-order valence-corrected chi connectivity index (χ4v) is 2.28. The van der Waals surface area contributed by atoms with Crippen molar-refractivity contribution in [3.63, 3.8) is 0 Å². The third kappa shape index (κ3) is 2.74. The molecule has 1 heterocycles. The van der Waals surface area contributed by atoms with Gasteiger partial charge in [-0.1, -0.05) is 24.3 Å². The first-order valence-corrected chi connectivity index (χ1v) is 6.24. The molecule has 0 saturated heterocycles. The zero-order valence-electron chi connectivity index (χ0n) is 8.89. The van der Waals surface area contributed by atoms with E-state index < -0.39 is 0 Å². The standard InChI is InChI=1S/C13H12N2S/c14-9-3-4-10-16-13-8-7-11-5-1-2-6-12(11)15-13/h1-2,5-8H,3-4,10H2. The highest BCUT2D eigenvalue weighted by molar-refractivity contribution is 7.99. The van der Waals surface area contributed by atoms with Gasteiger partial charge in [-0.05, 0) is 18.6 Å². The van der Waals surface area contributed by atoms with E-state index in [2.05, 4.69) is 23.2 Å². The number of nitrogens with zero attached hydrogens (tertiary/aromatic N) is 2. The van der Waals surface area contributed by atoms with Crippen molar-refractivity contribution in [2.75, 3.05) is 5.75 Å². The Bertz CT molecular complexity index is 517. The third-order valence-electron chi connectivity index (χ3n) is 2.26. The van der Waals surface area contributed by atoms with Crippen molar-refractivity contribution in [3.8, 4) is 6.07 Å². The average molecular weight is 228 g/mol. The van der Waals surface area contributed by atoms with Gasteiger partial charge in [0.2, 0.25) is 0 Å². The summed E-state index contributed by atoms with van der Waals surface area (Å²) in [7, 11) is 0. The van der Waals surface area contributed by atoms with Gasteiger partial charge in [-0.3, -0.25) is 0 Å². The maximum Gasteiger partial charge on any atom is 0.0967 e. The normalized spacial score (nSPS) is 10.2. The van der Waals surface area contributed by atoms with E-state index in [0.717, 1.165) is 22.7 Å². The monoisotopic (exact) mass is 228 g/mol. The Morgan fingerprint density at radius 1 is 1.19 bits per heavy atom. The lowest BCUT2D eigenvalue weighted by molar-refractivity contribution is 0.978. The highest BCUT2D eigenvalue weighted by Crippen LogP contribution is 2.20. The second kappa shape index (κ2) is 5.53. The van der Waals surface area contributed by atoms with E-state index in [-0.39, 0.29) is 0 Å². The number of para-hydroxylation sites is 1. The maximum atomic E-state index is 8.43. The molecule has 0 saturated carbocycles. The Labute approximate surface area is 99.3 Å². The smallest absolute Gasteiger partial charge is 0.0967 e. The molecule has 0 fully saturated rings. The molecule has 0 unspecified atom stereocenters. The van der Waals surface area contributed by atoms with Crippen molar-refractivity contribution in [2.24, 2.45) is 0 Å². The molecule has 0 radical (unpaired) electrons. The van der Waals surface area contributed by atoms with Crippen LogP contribution >= 0.6 is 11.8 Å². The SMILES string of the molecule is N#CCCCSc1ccc2ccccc2n1. The van der Waals surface area contributed by atoms with E-state index in [0.29, 0.717) is 6.42 Å². The molecule has 2 rings (SSSR count). The number of pyridine rings is 1. The summed E-state index contributed by atoms with van der Waals surface area (Å²) in [4.78, 5) is 4.55. The molecule has 0 atom stereocenters. The molecule has 80 valence electrons. The van der Waals surface area contributed by atoms with Crippen LogP contribution < -0.4 is 0 Å². The molecule has 0 amide bonds. The molecule has 0 N–H and O–H groups in total. The van der Waals surface area contributed by atoms with Gasteiger partial charge in [0.15, 0.2) is 0 Å². The third-order valence-corrected chi connectivity index (χ3v) is 3.27. The number of unbranched alkanes of at least 4 members (excludes halogenated alkanes) is 1. The lowest BCUT2D eigenvalue weighted by Crippen LogP contribution is -1.84. The zero-order valence-corrected chi connectivity index (χ0v) is 9.70. The largest absolute Gasteiger partial charge is 0.241 e. The molecule has 0 aliphatic heterocycles. The minimum Gasteiger partial charge on any atom is -0.241 e. The molecule has 0 spiro atoms.